The van der Waals surface area contributed by atoms with Crippen molar-refractivity contribution in [1.29, 1.82) is 0 Å². The number of ether oxygens (including phenoxy) is 3. The summed E-state index contributed by atoms with van der Waals surface area (Å²) in [6.45, 7) is 8.72. The third-order valence-corrected chi connectivity index (χ3v) is 5.73. The molecule has 0 aliphatic carbocycles. The molecule has 174 valence electrons. The van der Waals surface area contributed by atoms with Crippen LogP contribution in [0.1, 0.15) is 69.4 Å². The Bertz CT molecular complexity index is 660. The summed E-state index contributed by atoms with van der Waals surface area (Å²) in [7, 11) is -4.17. The van der Waals surface area contributed by atoms with Crippen molar-refractivity contribution in [3.8, 4) is 0 Å². The van der Waals surface area contributed by atoms with Gasteiger partial charge in [0, 0.05) is 39.6 Å². The van der Waals surface area contributed by atoms with E-state index in [1.807, 2.05) is 13.0 Å². The molecule has 0 aromatic heterocycles. The van der Waals surface area contributed by atoms with Gasteiger partial charge in [0.15, 0.2) is 0 Å². The van der Waals surface area contributed by atoms with Crippen LogP contribution in [0.25, 0.3) is 0 Å². The van der Waals surface area contributed by atoms with Gasteiger partial charge >= 0.3 is 0 Å². The van der Waals surface area contributed by atoms with E-state index in [4.69, 9.17) is 14.2 Å². The molecular formula is C23H40O6S. The molecule has 1 aromatic carbocycles. The highest BCUT2D eigenvalue weighted by Crippen LogP contribution is 2.19. The Labute approximate surface area is 183 Å². The Morgan fingerprint density at radius 3 is 1.70 bits per heavy atom. The summed E-state index contributed by atoms with van der Waals surface area (Å²) in [5.41, 5.74) is 1.65. The maximum Gasteiger partial charge on any atom is 0.294 e. The second-order valence-electron chi connectivity index (χ2n) is 7.65. The molecule has 1 N–H and O–H groups in total. The molecule has 0 atom stereocenters. The SMILES string of the molecule is CCCCOCCCCOCCCCOCCCCc1cc(C)ccc1S(=O)(=O)O. The predicted molar refractivity (Wildman–Crippen MR) is 120 cm³/mol. The van der Waals surface area contributed by atoms with E-state index < -0.39 is 10.1 Å². The number of benzene rings is 1. The van der Waals surface area contributed by atoms with Crippen molar-refractivity contribution in [1.82, 2.24) is 0 Å². The highest BCUT2D eigenvalue weighted by Gasteiger charge is 2.14. The van der Waals surface area contributed by atoms with E-state index in [2.05, 4.69) is 6.92 Å². The standard InChI is InChI=1S/C23H40O6S/c1-3-4-14-27-16-7-8-18-29-19-10-9-17-28-15-6-5-11-22-20-21(2)12-13-23(22)30(24,25)26/h12-13,20H,3-11,14-19H2,1-2H3,(H,24,25,26). The minimum absolute atomic E-state index is 0.0121. The Balaban J connectivity index is 1.95. The maximum absolute atomic E-state index is 11.5. The lowest BCUT2D eigenvalue weighted by Gasteiger charge is -2.09. The van der Waals surface area contributed by atoms with Crippen LogP contribution in [0.3, 0.4) is 0 Å². The fraction of sp³-hybridized carbons (Fsp3) is 0.739. The molecule has 1 aromatic rings. The fourth-order valence-corrected chi connectivity index (χ4v) is 3.78. The van der Waals surface area contributed by atoms with Gasteiger partial charge in [0.2, 0.25) is 0 Å². The van der Waals surface area contributed by atoms with Gasteiger partial charge in [0.1, 0.15) is 0 Å². The molecule has 0 aliphatic heterocycles. The Hall–Kier alpha value is -0.990. The summed E-state index contributed by atoms with van der Waals surface area (Å²) in [4.78, 5) is 0.0121. The Morgan fingerprint density at radius 2 is 1.23 bits per heavy atom. The molecule has 6 nitrogen and oxygen atoms in total. The first-order valence-electron chi connectivity index (χ1n) is 11.3. The Kier molecular flexibility index (Phi) is 15.0. The fourth-order valence-electron chi connectivity index (χ4n) is 3.04. The lowest BCUT2D eigenvalue weighted by atomic mass is 10.1. The van der Waals surface area contributed by atoms with Crippen LogP contribution in [0.2, 0.25) is 0 Å². The van der Waals surface area contributed by atoms with E-state index in [0.717, 1.165) is 83.5 Å². The number of hydrogen-bond acceptors (Lipinski definition) is 5. The van der Waals surface area contributed by atoms with Gasteiger partial charge in [-0.1, -0.05) is 31.0 Å². The molecule has 30 heavy (non-hydrogen) atoms. The first-order valence-corrected chi connectivity index (χ1v) is 12.7. The van der Waals surface area contributed by atoms with Crippen molar-refractivity contribution < 1.29 is 27.2 Å². The van der Waals surface area contributed by atoms with Crippen LogP contribution in [-0.2, 0) is 30.7 Å². The van der Waals surface area contributed by atoms with Gasteiger partial charge in [-0.3, -0.25) is 4.55 Å². The minimum atomic E-state index is -4.17. The highest BCUT2D eigenvalue weighted by molar-refractivity contribution is 7.85. The van der Waals surface area contributed by atoms with Crippen LogP contribution >= 0.6 is 0 Å². The van der Waals surface area contributed by atoms with Gasteiger partial charge in [-0.2, -0.15) is 8.42 Å². The number of aryl methyl sites for hydroxylation is 2. The zero-order chi connectivity index (χ0) is 22.1. The lowest BCUT2D eigenvalue weighted by Crippen LogP contribution is -2.05. The second-order valence-corrected chi connectivity index (χ2v) is 9.04. The first kappa shape index (κ1) is 27.0. The summed E-state index contributed by atoms with van der Waals surface area (Å²) in [5.74, 6) is 0. The first-order chi connectivity index (χ1) is 14.4. The van der Waals surface area contributed by atoms with Crippen LogP contribution in [0.5, 0.6) is 0 Å². The second kappa shape index (κ2) is 16.7. The number of unbranched alkanes of at least 4 members (excludes halogenated alkanes) is 4. The summed E-state index contributed by atoms with van der Waals surface area (Å²) >= 11 is 0. The molecule has 0 heterocycles. The molecule has 0 spiro atoms. The summed E-state index contributed by atoms with van der Waals surface area (Å²) in [6.07, 6.45) is 8.67. The molecule has 1 rings (SSSR count). The van der Waals surface area contributed by atoms with Crippen molar-refractivity contribution >= 4 is 10.1 Å². The van der Waals surface area contributed by atoms with Gasteiger partial charge in [-0.05, 0) is 69.9 Å². The summed E-state index contributed by atoms with van der Waals surface area (Å²) in [5, 5.41) is 0. The predicted octanol–water partition coefficient (Wildman–Crippen LogP) is 4.97. The van der Waals surface area contributed by atoms with E-state index in [1.165, 1.54) is 12.5 Å². The van der Waals surface area contributed by atoms with Gasteiger partial charge < -0.3 is 14.2 Å². The van der Waals surface area contributed by atoms with Crippen molar-refractivity contribution in [3.63, 3.8) is 0 Å². The zero-order valence-corrected chi connectivity index (χ0v) is 19.6. The number of rotatable bonds is 19. The van der Waals surface area contributed by atoms with Gasteiger partial charge in [-0.25, -0.2) is 0 Å². The summed E-state index contributed by atoms with van der Waals surface area (Å²) < 4.78 is 49.0. The van der Waals surface area contributed by atoms with E-state index in [9.17, 15) is 13.0 Å². The quantitative estimate of drug-likeness (QED) is 0.239. The van der Waals surface area contributed by atoms with Crippen LogP contribution < -0.4 is 0 Å². The van der Waals surface area contributed by atoms with Crippen molar-refractivity contribution in [2.24, 2.45) is 0 Å². The molecule has 0 radical (unpaired) electrons. The van der Waals surface area contributed by atoms with Crippen molar-refractivity contribution in [2.75, 3.05) is 39.6 Å². The number of hydrogen-bond donors (Lipinski definition) is 1. The lowest BCUT2D eigenvalue weighted by molar-refractivity contribution is 0.0894. The zero-order valence-electron chi connectivity index (χ0n) is 18.7. The minimum Gasteiger partial charge on any atom is -0.381 e. The molecule has 0 amide bonds. The highest BCUT2D eigenvalue weighted by atomic mass is 32.2. The van der Waals surface area contributed by atoms with Crippen LogP contribution in [-0.4, -0.2) is 52.6 Å². The van der Waals surface area contributed by atoms with Crippen molar-refractivity contribution in [3.05, 3.63) is 29.3 Å². The molecular weight excluding hydrogens is 404 g/mol. The molecule has 0 fully saturated rings. The average Bonchev–Trinajstić information content (AvgIpc) is 2.69. The average molecular weight is 445 g/mol. The monoisotopic (exact) mass is 444 g/mol. The van der Waals surface area contributed by atoms with E-state index >= 15 is 0 Å². The van der Waals surface area contributed by atoms with Gasteiger partial charge in [0.25, 0.3) is 10.1 Å². The molecule has 0 aliphatic rings. The van der Waals surface area contributed by atoms with Crippen LogP contribution in [0.4, 0.5) is 0 Å². The van der Waals surface area contributed by atoms with Gasteiger partial charge in [0.05, 0.1) is 4.90 Å². The molecule has 0 saturated carbocycles. The van der Waals surface area contributed by atoms with E-state index in [1.54, 1.807) is 6.07 Å². The molecule has 0 bridgehead atoms. The normalized spacial score (nSPS) is 11.8. The van der Waals surface area contributed by atoms with E-state index in [0.29, 0.717) is 18.6 Å². The van der Waals surface area contributed by atoms with Crippen molar-refractivity contribution in [2.45, 2.75) is 76.5 Å². The van der Waals surface area contributed by atoms with Crippen LogP contribution in [0, 0.1) is 6.92 Å². The van der Waals surface area contributed by atoms with E-state index in [-0.39, 0.29) is 4.90 Å². The third-order valence-electron chi connectivity index (χ3n) is 4.78. The molecule has 7 heteroatoms. The topological polar surface area (TPSA) is 82.1 Å². The molecule has 0 saturated heterocycles. The van der Waals surface area contributed by atoms with Crippen LogP contribution in [0.15, 0.2) is 23.1 Å². The largest absolute Gasteiger partial charge is 0.381 e. The third kappa shape index (κ3) is 13.3. The smallest absolute Gasteiger partial charge is 0.294 e. The summed E-state index contributed by atoms with van der Waals surface area (Å²) in [6, 6.07) is 4.99. The maximum atomic E-state index is 11.5. The Morgan fingerprint density at radius 1 is 0.767 bits per heavy atom. The molecule has 0 unspecified atom stereocenters. The van der Waals surface area contributed by atoms with Gasteiger partial charge in [-0.15, -0.1) is 0 Å².